The second-order valence-electron chi connectivity index (χ2n) is 6.18. The molecule has 1 fully saturated rings. The fourth-order valence-electron chi connectivity index (χ4n) is 2.84. The van der Waals surface area contributed by atoms with Gasteiger partial charge in [0.2, 0.25) is 0 Å². The van der Waals surface area contributed by atoms with E-state index in [2.05, 4.69) is 62.5 Å². The second kappa shape index (κ2) is 5.41. The first kappa shape index (κ1) is 13.4. The zero-order chi connectivity index (χ0) is 14.1. The molecular weight excluding hydrogens is 242 g/mol. The molecule has 20 heavy (non-hydrogen) atoms. The van der Waals surface area contributed by atoms with Crippen LogP contribution in [0, 0.1) is 20.8 Å². The van der Waals surface area contributed by atoms with E-state index in [9.17, 15) is 0 Å². The zero-order valence-electron chi connectivity index (χ0n) is 12.7. The number of hydrogen-bond acceptors (Lipinski definition) is 1. The third-order valence-electron chi connectivity index (χ3n) is 4.00. The van der Waals surface area contributed by atoms with Crippen LogP contribution in [0.2, 0.25) is 0 Å². The van der Waals surface area contributed by atoms with Crippen molar-refractivity contribution in [3.8, 4) is 11.1 Å². The molecule has 0 radical (unpaired) electrons. The van der Waals surface area contributed by atoms with Crippen LogP contribution in [-0.2, 0) is 6.54 Å². The van der Waals surface area contributed by atoms with Gasteiger partial charge in [-0.05, 0) is 55.9 Å². The fraction of sp³-hybridized carbons (Fsp3) is 0.368. The van der Waals surface area contributed by atoms with Crippen LogP contribution in [0.15, 0.2) is 36.4 Å². The van der Waals surface area contributed by atoms with E-state index >= 15 is 0 Å². The predicted octanol–water partition coefficient (Wildman–Crippen LogP) is 4.53. The average Bonchev–Trinajstić information content (AvgIpc) is 3.19. The van der Waals surface area contributed by atoms with Crippen molar-refractivity contribution in [3.63, 3.8) is 0 Å². The number of benzene rings is 2. The summed E-state index contributed by atoms with van der Waals surface area (Å²) in [6, 6.07) is 14.4. The molecule has 2 aromatic rings. The highest BCUT2D eigenvalue weighted by Gasteiger charge is 2.19. The smallest absolute Gasteiger partial charge is 0.0208 e. The molecule has 3 rings (SSSR count). The van der Waals surface area contributed by atoms with Crippen LogP contribution < -0.4 is 5.32 Å². The molecule has 1 saturated carbocycles. The SMILES string of the molecule is Cc1cc(C)cc(-c2ccc(CNC3CC3)cc2C)c1. The molecule has 104 valence electrons. The maximum absolute atomic E-state index is 3.58. The summed E-state index contributed by atoms with van der Waals surface area (Å²) in [5.74, 6) is 0. The van der Waals surface area contributed by atoms with Crippen molar-refractivity contribution in [3.05, 3.63) is 58.7 Å². The van der Waals surface area contributed by atoms with Crippen LogP contribution in [0.25, 0.3) is 11.1 Å². The summed E-state index contributed by atoms with van der Waals surface area (Å²) < 4.78 is 0. The lowest BCUT2D eigenvalue weighted by atomic mass is 9.96. The summed E-state index contributed by atoms with van der Waals surface area (Å²) in [6.07, 6.45) is 2.69. The molecule has 1 aliphatic carbocycles. The minimum absolute atomic E-state index is 0.773. The van der Waals surface area contributed by atoms with Crippen molar-refractivity contribution in [2.75, 3.05) is 0 Å². The summed E-state index contributed by atoms with van der Waals surface area (Å²) in [6.45, 7) is 7.55. The summed E-state index contributed by atoms with van der Waals surface area (Å²) in [4.78, 5) is 0. The van der Waals surface area contributed by atoms with Gasteiger partial charge in [-0.2, -0.15) is 0 Å². The molecule has 0 atom stereocenters. The molecule has 0 aliphatic heterocycles. The predicted molar refractivity (Wildman–Crippen MR) is 86.0 cm³/mol. The molecule has 1 N–H and O–H groups in total. The molecule has 0 heterocycles. The van der Waals surface area contributed by atoms with Gasteiger partial charge in [-0.1, -0.05) is 47.5 Å². The van der Waals surface area contributed by atoms with Crippen molar-refractivity contribution in [1.82, 2.24) is 5.32 Å². The molecule has 1 aliphatic rings. The molecular formula is C19H23N. The van der Waals surface area contributed by atoms with E-state index in [0.29, 0.717) is 0 Å². The third kappa shape index (κ3) is 3.10. The van der Waals surface area contributed by atoms with E-state index in [1.807, 2.05) is 0 Å². The van der Waals surface area contributed by atoms with Gasteiger partial charge in [0.15, 0.2) is 0 Å². The minimum atomic E-state index is 0.773. The van der Waals surface area contributed by atoms with Gasteiger partial charge in [0.05, 0.1) is 0 Å². The van der Waals surface area contributed by atoms with Crippen molar-refractivity contribution in [2.45, 2.75) is 46.2 Å². The lowest BCUT2D eigenvalue weighted by molar-refractivity contribution is 0.687. The molecule has 0 spiro atoms. The van der Waals surface area contributed by atoms with Crippen LogP contribution in [-0.4, -0.2) is 6.04 Å². The van der Waals surface area contributed by atoms with Gasteiger partial charge in [0, 0.05) is 12.6 Å². The van der Waals surface area contributed by atoms with Gasteiger partial charge in [0.1, 0.15) is 0 Å². The number of hydrogen-bond donors (Lipinski definition) is 1. The summed E-state index contributed by atoms with van der Waals surface area (Å²) in [5, 5.41) is 3.58. The fourth-order valence-corrected chi connectivity index (χ4v) is 2.84. The minimum Gasteiger partial charge on any atom is -0.310 e. The topological polar surface area (TPSA) is 12.0 Å². The molecule has 0 aromatic heterocycles. The van der Waals surface area contributed by atoms with Gasteiger partial charge in [-0.3, -0.25) is 0 Å². The van der Waals surface area contributed by atoms with Gasteiger partial charge in [0.25, 0.3) is 0 Å². The van der Waals surface area contributed by atoms with E-state index in [1.165, 1.54) is 46.2 Å². The van der Waals surface area contributed by atoms with E-state index in [0.717, 1.165) is 12.6 Å². The van der Waals surface area contributed by atoms with E-state index in [1.54, 1.807) is 0 Å². The largest absolute Gasteiger partial charge is 0.310 e. The molecule has 1 heteroatoms. The first-order valence-electron chi connectivity index (χ1n) is 7.53. The van der Waals surface area contributed by atoms with Gasteiger partial charge >= 0.3 is 0 Å². The normalized spacial score (nSPS) is 14.6. The Bertz CT molecular complexity index is 603. The third-order valence-corrected chi connectivity index (χ3v) is 4.00. The lowest BCUT2D eigenvalue weighted by Crippen LogP contribution is -2.15. The summed E-state index contributed by atoms with van der Waals surface area (Å²) in [5.41, 5.74) is 8.11. The van der Waals surface area contributed by atoms with Crippen LogP contribution in [0.4, 0.5) is 0 Å². The first-order chi connectivity index (χ1) is 9.61. The summed E-state index contributed by atoms with van der Waals surface area (Å²) >= 11 is 0. The highest BCUT2D eigenvalue weighted by atomic mass is 14.9. The monoisotopic (exact) mass is 265 g/mol. The zero-order valence-corrected chi connectivity index (χ0v) is 12.7. The van der Waals surface area contributed by atoms with Crippen LogP contribution in [0.1, 0.15) is 35.1 Å². The second-order valence-corrected chi connectivity index (χ2v) is 6.18. The Balaban J connectivity index is 1.85. The van der Waals surface area contributed by atoms with E-state index in [-0.39, 0.29) is 0 Å². The maximum Gasteiger partial charge on any atom is 0.0208 e. The van der Waals surface area contributed by atoms with E-state index in [4.69, 9.17) is 0 Å². The van der Waals surface area contributed by atoms with Gasteiger partial charge < -0.3 is 5.32 Å². The number of aryl methyl sites for hydroxylation is 3. The number of rotatable bonds is 4. The van der Waals surface area contributed by atoms with Gasteiger partial charge in [-0.25, -0.2) is 0 Å². The molecule has 1 nitrogen and oxygen atoms in total. The Labute approximate surface area is 122 Å². The molecule has 0 unspecified atom stereocenters. The molecule has 0 amide bonds. The highest BCUT2D eigenvalue weighted by molar-refractivity contribution is 5.69. The van der Waals surface area contributed by atoms with Crippen LogP contribution in [0.5, 0.6) is 0 Å². The average molecular weight is 265 g/mol. The van der Waals surface area contributed by atoms with Crippen LogP contribution >= 0.6 is 0 Å². The lowest BCUT2D eigenvalue weighted by Gasteiger charge is -2.11. The maximum atomic E-state index is 3.58. The standard InChI is InChI=1S/C19H23N/c1-13-8-14(2)10-17(9-13)19-7-4-16(11-15(19)3)12-20-18-5-6-18/h4,7-11,18,20H,5-6,12H2,1-3H3. The first-order valence-corrected chi connectivity index (χ1v) is 7.53. The Kier molecular flexibility index (Phi) is 3.62. The van der Waals surface area contributed by atoms with Gasteiger partial charge in [-0.15, -0.1) is 0 Å². The Morgan fingerprint density at radius 2 is 1.65 bits per heavy atom. The quantitative estimate of drug-likeness (QED) is 0.856. The number of nitrogens with one attached hydrogen (secondary N) is 1. The van der Waals surface area contributed by atoms with Crippen molar-refractivity contribution < 1.29 is 0 Å². The molecule has 2 aromatic carbocycles. The summed E-state index contributed by atoms with van der Waals surface area (Å²) in [7, 11) is 0. The molecule has 0 bridgehead atoms. The highest BCUT2D eigenvalue weighted by Crippen LogP contribution is 2.27. The Morgan fingerprint density at radius 3 is 2.25 bits per heavy atom. The molecule has 0 saturated heterocycles. The van der Waals surface area contributed by atoms with Crippen molar-refractivity contribution >= 4 is 0 Å². The van der Waals surface area contributed by atoms with Crippen molar-refractivity contribution in [1.29, 1.82) is 0 Å². The van der Waals surface area contributed by atoms with E-state index < -0.39 is 0 Å². The van der Waals surface area contributed by atoms with Crippen molar-refractivity contribution in [2.24, 2.45) is 0 Å². The Hall–Kier alpha value is -1.60. The Morgan fingerprint density at radius 1 is 0.950 bits per heavy atom. The van der Waals surface area contributed by atoms with Crippen LogP contribution in [0.3, 0.4) is 0 Å².